The van der Waals surface area contributed by atoms with Crippen molar-refractivity contribution < 1.29 is 18.8 Å². The number of nitrogens with zero attached hydrogens (tertiary/aromatic N) is 3. The molecule has 1 aliphatic rings. The van der Waals surface area contributed by atoms with Gasteiger partial charge in [-0.15, -0.1) is 0 Å². The van der Waals surface area contributed by atoms with Crippen molar-refractivity contribution in [2.45, 2.75) is 45.9 Å². The maximum atomic E-state index is 12.9. The van der Waals surface area contributed by atoms with Crippen molar-refractivity contribution in [1.82, 2.24) is 20.4 Å². The molecule has 186 valence electrons. The Bertz CT molecular complexity index is 1150. The van der Waals surface area contributed by atoms with Gasteiger partial charge in [-0.1, -0.05) is 39.3 Å². The van der Waals surface area contributed by atoms with Crippen LogP contribution in [-0.2, 0) is 17.9 Å². The number of likely N-dealkylation sites (tertiary alicyclic amines) is 1. The number of nitrogens with one attached hydrogen (secondary N) is 1. The van der Waals surface area contributed by atoms with Gasteiger partial charge in [0.2, 0.25) is 17.6 Å². The van der Waals surface area contributed by atoms with E-state index in [1.54, 1.807) is 7.11 Å². The lowest BCUT2D eigenvalue weighted by molar-refractivity contribution is -0.127. The number of hydrogen-bond acceptors (Lipinski definition) is 7. The van der Waals surface area contributed by atoms with Gasteiger partial charge in [0, 0.05) is 23.1 Å². The van der Waals surface area contributed by atoms with E-state index < -0.39 is 0 Å². The second-order valence-corrected chi connectivity index (χ2v) is 9.88. The van der Waals surface area contributed by atoms with E-state index in [0.717, 1.165) is 35.0 Å². The lowest BCUT2D eigenvalue weighted by Gasteiger charge is -2.30. The Morgan fingerprint density at radius 1 is 1.26 bits per heavy atom. The van der Waals surface area contributed by atoms with Gasteiger partial charge in [0.15, 0.2) is 11.5 Å². The van der Waals surface area contributed by atoms with Crippen LogP contribution >= 0.6 is 15.9 Å². The first kappa shape index (κ1) is 25.2. The van der Waals surface area contributed by atoms with Gasteiger partial charge in [0.1, 0.15) is 0 Å². The minimum Gasteiger partial charge on any atom is -0.493 e. The summed E-state index contributed by atoms with van der Waals surface area (Å²) in [5.41, 5.74) is 1.86. The van der Waals surface area contributed by atoms with Crippen LogP contribution in [0.5, 0.6) is 11.5 Å². The average Bonchev–Trinajstić information content (AvgIpc) is 3.31. The van der Waals surface area contributed by atoms with Crippen molar-refractivity contribution in [3.63, 3.8) is 0 Å². The molecule has 1 saturated heterocycles. The summed E-state index contributed by atoms with van der Waals surface area (Å²) < 4.78 is 17.7. The highest BCUT2D eigenvalue weighted by molar-refractivity contribution is 9.10. The van der Waals surface area contributed by atoms with E-state index in [-0.39, 0.29) is 17.9 Å². The van der Waals surface area contributed by atoms with Crippen LogP contribution in [0, 0.1) is 5.92 Å². The molecular formula is C26H31BrN4O4. The number of carbonyl (C=O) groups excluding carboxylic acids is 1. The van der Waals surface area contributed by atoms with Crippen molar-refractivity contribution in [1.29, 1.82) is 0 Å². The molecule has 1 atom stereocenters. The topological polar surface area (TPSA) is 89.7 Å². The SMILES string of the molecule is COc1cc(CNC(=O)C2CCCN(Cc3nc(-c4cccc(Br)c4)no3)C2)ccc1OC(C)C. The molecule has 4 rings (SSSR count). The summed E-state index contributed by atoms with van der Waals surface area (Å²) in [6.07, 6.45) is 1.86. The smallest absolute Gasteiger partial charge is 0.241 e. The fourth-order valence-electron chi connectivity index (χ4n) is 4.18. The molecule has 0 aliphatic carbocycles. The predicted molar refractivity (Wildman–Crippen MR) is 136 cm³/mol. The molecule has 1 fully saturated rings. The zero-order valence-corrected chi connectivity index (χ0v) is 21.9. The zero-order valence-electron chi connectivity index (χ0n) is 20.3. The lowest BCUT2D eigenvalue weighted by Crippen LogP contribution is -2.42. The highest BCUT2D eigenvalue weighted by Crippen LogP contribution is 2.29. The summed E-state index contributed by atoms with van der Waals surface area (Å²) in [6, 6.07) is 13.5. The summed E-state index contributed by atoms with van der Waals surface area (Å²) in [7, 11) is 1.62. The molecule has 8 nitrogen and oxygen atoms in total. The molecule has 2 aromatic carbocycles. The summed E-state index contributed by atoms with van der Waals surface area (Å²) >= 11 is 3.47. The first-order valence-corrected chi connectivity index (χ1v) is 12.6. The number of methoxy groups -OCH3 is 1. The second-order valence-electron chi connectivity index (χ2n) is 8.97. The van der Waals surface area contributed by atoms with E-state index in [2.05, 4.69) is 36.3 Å². The number of carbonyl (C=O) groups is 1. The van der Waals surface area contributed by atoms with Gasteiger partial charge in [-0.25, -0.2) is 0 Å². The Labute approximate surface area is 214 Å². The van der Waals surface area contributed by atoms with E-state index in [1.807, 2.05) is 56.3 Å². The molecule has 0 bridgehead atoms. The van der Waals surface area contributed by atoms with Crippen molar-refractivity contribution in [3.05, 3.63) is 58.4 Å². The molecule has 1 amide bonds. The minimum atomic E-state index is -0.0818. The Morgan fingerprint density at radius 2 is 2.11 bits per heavy atom. The number of ether oxygens (including phenoxy) is 2. The van der Waals surface area contributed by atoms with Crippen molar-refractivity contribution in [2.24, 2.45) is 5.92 Å². The molecule has 1 unspecified atom stereocenters. The average molecular weight is 543 g/mol. The van der Waals surface area contributed by atoms with Gasteiger partial charge in [-0.05, 0) is 63.1 Å². The Kier molecular flexibility index (Phi) is 8.41. The number of rotatable bonds is 9. The highest BCUT2D eigenvalue weighted by Gasteiger charge is 2.27. The number of benzene rings is 2. The first-order chi connectivity index (χ1) is 16.9. The number of amides is 1. The van der Waals surface area contributed by atoms with Crippen LogP contribution in [0.4, 0.5) is 0 Å². The molecule has 0 spiro atoms. The third-order valence-electron chi connectivity index (χ3n) is 5.84. The molecule has 9 heteroatoms. The van der Waals surface area contributed by atoms with Crippen molar-refractivity contribution in [3.8, 4) is 22.9 Å². The number of hydrogen-bond donors (Lipinski definition) is 1. The second kappa shape index (κ2) is 11.7. The third-order valence-corrected chi connectivity index (χ3v) is 6.34. The van der Waals surface area contributed by atoms with Gasteiger partial charge >= 0.3 is 0 Å². The third kappa shape index (κ3) is 6.82. The normalized spacial score (nSPS) is 16.3. The fourth-order valence-corrected chi connectivity index (χ4v) is 4.57. The van der Waals surface area contributed by atoms with E-state index in [0.29, 0.717) is 42.8 Å². The van der Waals surface area contributed by atoms with Crippen molar-refractivity contribution >= 4 is 21.8 Å². The Hall–Kier alpha value is -2.91. The van der Waals surface area contributed by atoms with Crippen LogP contribution < -0.4 is 14.8 Å². The number of halogens is 1. The lowest BCUT2D eigenvalue weighted by atomic mass is 9.97. The summed E-state index contributed by atoms with van der Waals surface area (Å²) in [4.78, 5) is 19.6. The summed E-state index contributed by atoms with van der Waals surface area (Å²) in [6.45, 7) is 6.46. The van der Waals surface area contributed by atoms with Gasteiger partial charge in [-0.2, -0.15) is 4.98 Å². The highest BCUT2D eigenvalue weighted by atomic mass is 79.9. The maximum absolute atomic E-state index is 12.9. The quantitative estimate of drug-likeness (QED) is 0.414. The molecule has 1 aliphatic heterocycles. The largest absolute Gasteiger partial charge is 0.493 e. The van der Waals surface area contributed by atoms with E-state index in [1.165, 1.54) is 0 Å². The monoisotopic (exact) mass is 542 g/mol. The van der Waals surface area contributed by atoms with Crippen LogP contribution in [0.15, 0.2) is 51.5 Å². The maximum Gasteiger partial charge on any atom is 0.241 e. The molecular weight excluding hydrogens is 512 g/mol. The van der Waals surface area contributed by atoms with E-state index >= 15 is 0 Å². The molecule has 0 saturated carbocycles. The van der Waals surface area contributed by atoms with Crippen LogP contribution in [0.3, 0.4) is 0 Å². The molecule has 1 N–H and O–H groups in total. The van der Waals surface area contributed by atoms with Crippen LogP contribution in [0.2, 0.25) is 0 Å². The molecule has 3 aromatic rings. The predicted octanol–water partition coefficient (Wildman–Crippen LogP) is 4.82. The fraction of sp³-hybridized carbons (Fsp3) is 0.423. The molecule has 35 heavy (non-hydrogen) atoms. The van der Waals surface area contributed by atoms with Crippen LogP contribution in [0.1, 0.15) is 38.1 Å². The summed E-state index contributed by atoms with van der Waals surface area (Å²) in [5.74, 6) is 2.45. The summed E-state index contributed by atoms with van der Waals surface area (Å²) in [5, 5.41) is 7.19. The molecule has 0 radical (unpaired) electrons. The van der Waals surface area contributed by atoms with Crippen molar-refractivity contribution in [2.75, 3.05) is 20.2 Å². The standard InChI is InChI=1S/C26H31BrN4O4/c1-17(2)34-22-10-9-18(12-23(22)33-3)14-28-26(32)20-7-5-11-31(15-20)16-24-29-25(30-35-24)19-6-4-8-21(27)13-19/h4,6,8-10,12-13,17,20H,5,7,11,14-16H2,1-3H3,(H,28,32). The molecule has 2 heterocycles. The van der Waals surface area contributed by atoms with Gasteiger partial charge < -0.3 is 19.3 Å². The van der Waals surface area contributed by atoms with Gasteiger partial charge in [0.05, 0.1) is 25.7 Å². The first-order valence-electron chi connectivity index (χ1n) is 11.8. The molecule has 1 aromatic heterocycles. The Morgan fingerprint density at radius 3 is 2.89 bits per heavy atom. The number of piperidine rings is 1. The van der Waals surface area contributed by atoms with Crippen LogP contribution in [0.25, 0.3) is 11.4 Å². The zero-order chi connectivity index (χ0) is 24.8. The number of aromatic nitrogens is 2. The van der Waals surface area contributed by atoms with Crippen LogP contribution in [-0.4, -0.2) is 47.3 Å². The van der Waals surface area contributed by atoms with Gasteiger partial charge in [-0.3, -0.25) is 9.69 Å². The van der Waals surface area contributed by atoms with E-state index in [4.69, 9.17) is 14.0 Å². The minimum absolute atomic E-state index is 0.0523. The Balaban J connectivity index is 1.31. The van der Waals surface area contributed by atoms with E-state index in [9.17, 15) is 4.79 Å². The van der Waals surface area contributed by atoms with Gasteiger partial charge in [0.25, 0.3) is 0 Å².